The first-order chi connectivity index (χ1) is 14.8. The van der Waals surface area contributed by atoms with Crippen LogP contribution >= 0.6 is 11.6 Å². The number of halogens is 1. The van der Waals surface area contributed by atoms with E-state index in [0.29, 0.717) is 0 Å². The SMILES string of the molecule is COc1ccc([C@H](C)NC(=O)COc2ccc(S(=O)(=O)NC3CCCC3)cc2Cl)cc1. The van der Waals surface area contributed by atoms with Crippen molar-refractivity contribution in [2.24, 2.45) is 0 Å². The minimum Gasteiger partial charge on any atom is -0.497 e. The molecule has 1 aliphatic rings. The Bertz CT molecular complexity index is 1010. The number of carbonyl (C=O) groups is 1. The zero-order chi connectivity index (χ0) is 22.4. The minimum absolute atomic E-state index is 0.0314. The van der Waals surface area contributed by atoms with E-state index in [1.165, 1.54) is 18.2 Å². The Hall–Kier alpha value is -2.29. The van der Waals surface area contributed by atoms with Gasteiger partial charge in [-0.1, -0.05) is 36.6 Å². The molecule has 1 aliphatic carbocycles. The van der Waals surface area contributed by atoms with E-state index in [1.807, 2.05) is 31.2 Å². The number of nitrogens with one attached hydrogen (secondary N) is 2. The smallest absolute Gasteiger partial charge is 0.258 e. The summed E-state index contributed by atoms with van der Waals surface area (Å²) in [5.41, 5.74) is 0.927. The summed E-state index contributed by atoms with van der Waals surface area (Å²) in [4.78, 5) is 12.3. The Balaban J connectivity index is 1.55. The van der Waals surface area contributed by atoms with E-state index < -0.39 is 10.0 Å². The van der Waals surface area contributed by atoms with Gasteiger partial charge in [-0.2, -0.15) is 0 Å². The number of rotatable bonds is 9. The van der Waals surface area contributed by atoms with Gasteiger partial charge < -0.3 is 14.8 Å². The van der Waals surface area contributed by atoms with Crippen LogP contribution < -0.4 is 19.5 Å². The highest BCUT2D eigenvalue weighted by atomic mass is 35.5. The van der Waals surface area contributed by atoms with E-state index >= 15 is 0 Å². The summed E-state index contributed by atoms with van der Waals surface area (Å²) < 4.78 is 38.4. The van der Waals surface area contributed by atoms with Crippen molar-refractivity contribution in [3.63, 3.8) is 0 Å². The average Bonchev–Trinajstić information content (AvgIpc) is 3.25. The third-order valence-electron chi connectivity index (χ3n) is 5.24. The van der Waals surface area contributed by atoms with Gasteiger partial charge >= 0.3 is 0 Å². The predicted molar refractivity (Wildman–Crippen MR) is 119 cm³/mol. The largest absolute Gasteiger partial charge is 0.497 e. The molecular weight excluding hydrogens is 440 g/mol. The molecule has 3 rings (SSSR count). The number of hydrogen-bond donors (Lipinski definition) is 2. The number of amides is 1. The zero-order valence-electron chi connectivity index (χ0n) is 17.6. The van der Waals surface area contributed by atoms with Gasteiger partial charge in [0.05, 0.1) is 23.1 Å². The van der Waals surface area contributed by atoms with Gasteiger partial charge in [-0.15, -0.1) is 0 Å². The zero-order valence-corrected chi connectivity index (χ0v) is 19.1. The van der Waals surface area contributed by atoms with Gasteiger partial charge in [-0.3, -0.25) is 4.79 Å². The molecule has 168 valence electrons. The Morgan fingerprint density at radius 2 is 1.84 bits per heavy atom. The average molecular weight is 467 g/mol. The monoisotopic (exact) mass is 466 g/mol. The molecule has 0 unspecified atom stereocenters. The first kappa shape index (κ1) is 23.4. The van der Waals surface area contributed by atoms with Crippen LogP contribution in [0.2, 0.25) is 5.02 Å². The standard InChI is InChI=1S/C22H27ClN2O5S/c1-15(16-7-9-18(29-2)10-8-16)24-22(26)14-30-21-12-11-19(13-20(21)23)31(27,28)25-17-5-3-4-6-17/h7-13,15,17,25H,3-6,14H2,1-2H3,(H,24,26)/t15-/m0/s1. The quantitative estimate of drug-likeness (QED) is 0.585. The molecule has 0 aromatic heterocycles. The van der Waals surface area contributed by atoms with Crippen molar-refractivity contribution in [3.8, 4) is 11.5 Å². The fraction of sp³-hybridized carbons (Fsp3) is 0.409. The minimum atomic E-state index is -3.64. The third-order valence-corrected chi connectivity index (χ3v) is 7.06. The Morgan fingerprint density at radius 1 is 1.16 bits per heavy atom. The van der Waals surface area contributed by atoms with E-state index in [0.717, 1.165) is 37.0 Å². The molecule has 9 heteroatoms. The van der Waals surface area contributed by atoms with Crippen LogP contribution in [-0.4, -0.2) is 34.1 Å². The van der Waals surface area contributed by atoms with Crippen LogP contribution in [0.3, 0.4) is 0 Å². The van der Waals surface area contributed by atoms with Crippen LogP contribution in [0.5, 0.6) is 11.5 Å². The van der Waals surface area contributed by atoms with E-state index in [4.69, 9.17) is 21.1 Å². The maximum Gasteiger partial charge on any atom is 0.258 e. The van der Waals surface area contributed by atoms with Gasteiger partial charge in [0.1, 0.15) is 11.5 Å². The van der Waals surface area contributed by atoms with Crippen LogP contribution in [-0.2, 0) is 14.8 Å². The number of ether oxygens (including phenoxy) is 2. The first-order valence-corrected chi connectivity index (χ1v) is 12.0. The van der Waals surface area contributed by atoms with Crippen LogP contribution in [0.1, 0.15) is 44.2 Å². The molecular formula is C22H27ClN2O5S. The van der Waals surface area contributed by atoms with Crippen molar-refractivity contribution < 1.29 is 22.7 Å². The lowest BCUT2D eigenvalue weighted by atomic mass is 10.1. The molecule has 0 spiro atoms. The number of methoxy groups -OCH3 is 1. The normalized spacial score (nSPS) is 15.5. The lowest BCUT2D eigenvalue weighted by molar-refractivity contribution is -0.123. The Morgan fingerprint density at radius 3 is 2.45 bits per heavy atom. The highest BCUT2D eigenvalue weighted by Gasteiger charge is 2.23. The van der Waals surface area contributed by atoms with Crippen LogP contribution in [0.15, 0.2) is 47.4 Å². The maximum atomic E-state index is 12.5. The Kier molecular flexibility index (Phi) is 7.80. The van der Waals surface area contributed by atoms with Gasteiger partial charge in [0.2, 0.25) is 10.0 Å². The van der Waals surface area contributed by atoms with Crippen molar-refractivity contribution in [1.29, 1.82) is 0 Å². The molecule has 1 saturated carbocycles. The van der Waals surface area contributed by atoms with Gasteiger partial charge in [-0.05, 0) is 55.7 Å². The summed E-state index contributed by atoms with van der Waals surface area (Å²) in [7, 11) is -2.05. The lowest BCUT2D eigenvalue weighted by Gasteiger charge is -2.16. The second-order valence-electron chi connectivity index (χ2n) is 7.55. The molecule has 0 saturated heterocycles. The summed E-state index contributed by atoms with van der Waals surface area (Å²) in [6.45, 7) is 1.62. The molecule has 31 heavy (non-hydrogen) atoms. The second kappa shape index (κ2) is 10.3. The summed E-state index contributed by atoms with van der Waals surface area (Å²) in [6, 6.07) is 11.4. The maximum absolute atomic E-state index is 12.5. The molecule has 1 amide bonds. The fourth-order valence-electron chi connectivity index (χ4n) is 3.50. The van der Waals surface area contributed by atoms with Gasteiger partial charge in [0, 0.05) is 6.04 Å². The molecule has 0 bridgehead atoms. The molecule has 7 nitrogen and oxygen atoms in total. The predicted octanol–water partition coefficient (Wildman–Crippen LogP) is 3.83. The fourth-order valence-corrected chi connectivity index (χ4v) is 5.13. The molecule has 2 aromatic carbocycles. The van der Waals surface area contributed by atoms with Gasteiger partial charge in [0.25, 0.3) is 5.91 Å². The van der Waals surface area contributed by atoms with E-state index in [1.54, 1.807) is 7.11 Å². The summed E-state index contributed by atoms with van der Waals surface area (Å²) in [5, 5.41) is 2.98. The van der Waals surface area contributed by atoms with Crippen molar-refractivity contribution in [2.45, 2.75) is 49.6 Å². The third kappa shape index (κ3) is 6.35. The van der Waals surface area contributed by atoms with E-state index in [9.17, 15) is 13.2 Å². The topological polar surface area (TPSA) is 93.7 Å². The van der Waals surface area contributed by atoms with Crippen molar-refractivity contribution in [2.75, 3.05) is 13.7 Å². The second-order valence-corrected chi connectivity index (χ2v) is 9.67. The molecule has 2 aromatic rings. The molecule has 0 heterocycles. The van der Waals surface area contributed by atoms with Crippen molar-refractivity contribution in [3.05, 3.63) is 53.1 Å². The highest BCUT2D eigenvalue weighted by Crippen LogP contribution is 2.28. The van der Waals surface area contributed by atoms with Crippen LogP contribution in [0.25, 0.3) is 0 Å². The lowest BCUT2D eigenvalue weighted by Crippen LogP contribution is -2.32. The molecule has 1 fully saturated rings. The number of benzene rings is 2. The van der Waals surface area contributed by atoms with Gasteiger partial charge in [-0.25, -0.2) is 13.1 Å². The molecule has 0 aliphatic heterocycles. The summed E-state index contributed by atoms with van der Waals surface area (Å²) in [6.07, 6.45) is 3.75. The number of carbonyl (C=O) groups excluding carboxylic acids is 1. The Labute approximate surface area is 188 Å². The highest BCUT2D eigenvalue weighted by molar-refractivity contribution is 7.89. The molecule has 0 radical (unpaired) electrons. The van der Waals surface area contributed by atoms with Crippen LogP contribution in [0.4, 0.5) is 0 Å². The number of hydrogen-bond acceptors (Lipinski definition) is 5. The van der Waals surface area contributed by atoms with E-state index in [-0.39, 0.29) is 40.3 Å². The van der Waals surface area contributed by atoms with Crippen molar-refractivity contribution in [1.82, 2.24) is 10.0 Å². The van der Waals surface area contributed by atoms with Crippen molar-refractivity contribution >= 4 is 27.5 Å². The van der Waals surface area contributed by atoms with E-state index in [2.05, 4.69) is 10.0 Å². The number of sulfonamides is 1. The van der Waals surface area contributed by atoms with Crippen LogP contribution in [0, 0.1) is 0 Å². The van der Waals surface area contributed by atoms with Gasteiger partial charge in [0.15, 0.2) is 6.61 Å². The first-order valence-electron chi connectivity index (χ1n) is 10.2. The summed E-state index contributed by atoms with van der Waals surface area (Å²) >= 11 is 6.20. The molecule has 2 N–H and O–H groups in total. The molecule has 1 atom stereocenters. The summed E-state index contributed by atoms with van der Waals surface area (Å²) in [5.74, 6) is 0.664.